The van der Waals surface area contributed by atoms with Crippen molar-refractivity contribution in [3.8, 4) is 0 Å². The second-order valence-electron chi connectivity index (χ2n) is 6.84. The van der Waals surface area contributed by atoms with Crippen LogP contribution in [0.2, 0.25) is 6.04 Å². The van der Waals surface area contributed by atoms with E-state index in [0.29, 0.717) is 0 Å². The van der Waals surface area contributed by atoms with Gasteiger partial charge in [0.1, 0.15) is 0 Å². The van der Waals surface area contributed by atoms with E-state index in [2.05, 4.69) is 5.32 Å². The van der Waals surface area contributed by atoms with E-state index in [1.165, 1.54) is 126 Å². The molecule has 0 fully saturated rings. The summed E-state index contributed by atoms with van der Waals surface area (Å²) in [5.74, 6) is 0. The molecule has 3 heteroatoms. The molecule has 0 saturated carbocycles. The lowest BCUT2D eigenvalue weighted by molar-refractivity contribution is 0.528. The molecule has 134 valence electrons. The second-order valence-corrected chi connectivity index (χ2v) is 7.84. The molecule has 0 atom stereocenters. The topological polar surface area (TPSA) is 38.0 Å². The Balaban J connectivity index is 2.91. The monoisotopic (exact) mass is 328 g/mol. The van der Waals surface area contributed by atoms with Crippen LogP contribution < -0.4 is 11.1 Å². The Morgan fingerprint density at radius 1 is 0.500 bits per heavy atom. The predicted molar refractivity (Wildman–Crippen MR) is 106 cm³/mol. The molecule has 0 bridgehead atoms. The highest BCUT2D eigenvalue weighted by atomic mass is 28.1. The lowest BCUT2D eigenvalue weighted by Gasteiger charge is -2.04. The summed E-state index contributed by atoms with van der Waals surface area (Å²) >= 11 is 0. The summed E-state index contributed by atoms with van der Waals surface area (Å²) in [6.45, 7) is 3.36. The van der Waals surface area contributed by atoms with Crippen LogP contribution in [0.25, 0.3) is 0 Å². The zero-order valence-electron chi connectivity index (χ0n) is 15.5. The maximum atomic E-state index is 5.50. The summed E-state index contributed by atoms with van der Waals surface area (Å²) in [7, 11) is 1.37. The van der Waals surface area contributed by atoms with E-state index in [9.17, 15) is 0 Å². The zero-order chi connectivity index (χ0) is 16.1. The highest BCUT2D eigenvalue weighted by Gasteiger charge is 1.94. The van der Waals surface area contributed by atoms with Gasteiger partial charge in [0.25, 0.3) is 0 Å². The van der Waals surface area contributed by atoms with Gasteiger partial charge in [-0.3, -0.25) is 0 Å². The van der Waals surface area contributed by atoms with Gasteiger partial charge < -0.3 is 11.1 Å². The third kappa shape index (κ3) is 20.1. The first-order valence-electron chi connectivity index (χ1n) is 10.3. The van der Waals surface area contributed by atoms with Crippen LogP contribution in [0.15, 0.2) is 0 Å². The molecule has 0 aromatic heterocycles. The Labute approximate surface area is 143 Å². The average molecular weight is 329 g/mol. The SMILES string of the molecule is NCCCCCCCCCCCCCCCCNCCC[SiH3]. The highest BCUT2D eigenvalue weighted by molar-refractivity contribution is 6.08. The van der Waals surface area contributed by atoms with Crippen LogP contribution in [0.3, 0.4) is 0 Å². The molecule has 0 aliphatic heterocycles. The summed E-state index contributed by atoms with van der Waals surface area (Å²) in [5, 5.41) is 3.55. The lowest BCUT2D eigenvalue weighted by Crippen LogP contribution is -2.16. The van der Waals surface area contributed by atoms with E-state index in [1.54, 1.807) is 0 Å². The number of nitrogens with one attached hydrogen (secondary N) is 1. The largest absolute Gasteiger partial charge is 0.330 e. The van der Waals surface area contributed by atoms with Crippen molar-refractivity contribution >= 4 is 10.2 Å². The molecule has 0 spiro atoms. The van der Waals surface area contributed by atoms with E-state index < -0.39 is 0 Å². The fourth-order valence-electron chi connectivity index (χ4n) is 2.94. The van der Waals surface area contributed by atoms with E-state index in [0.717, 1.165) is 6.54 Å². The lowest BCUT2D eigenvalue weighted by atomic mass is 10.0. The molecule has 0 aromatic carbocycles. The van der Waals surface area contributed by atoms with Crippen molar-refractivity contribution in [2.24, 2.45) is 5.73 Å². The molecule has 0 saturated heterocycles. The van der Waals surface area contributed by atoms with Crippen LogP contribution in [-0.2, 0) is 0 Å². The van der Waals surface area contributed by atoms with Crippen LogP contribution >= 0.6 is 0 Å². The third-order valence-corrected chi connectivity index (χ3v) is 5.22. The van der Waals surface area contributed by atoms with Gasteiger partial charge in [0.05, 0.1) is 0 Å². The van der Waals surface area contributed by atoms with Gasteiger partial charge in [-0.25, -0.2) is 0 Å². The molecular weight excluding hydrogens is 284 g/mol. The van der Waals surface area contributed by atoms with Crippen molar-refractivity contribution in [1.82, 2.24) is 5.32 Å². The summed E-state index contributed by atoms with van der Waals surface area (Å²) in [4.78, 5) is 0. The van der Waals surface area contributed by atoms with Crippen molar-refractivity contribution in [2.75, 3.05) is 19.6 Å². The molecule has 3 N–H and O–H groups in total. The smallest absolute Gasteiger partial charge is 0.00286 e. The van der Waals surface area contributed by atoms with Gasteiger partial charge in [0.15, 0.2) is 0 Å². The molecular formula is C19H44N2Si. The van der Waals surface area contributed by atoms with Gasteiger partial charge in [-0.1, -0.05) is 83.1 Å². The molecule has 0 rings (SSSR count). The second kappa shape index (κ2) is 21.1. The predicted octanol–water partition coefficient (Wildman–Crippen LogP) is 4.17. The first-order chi connectivity index (χ1) is 10.9. The van der Waals surface area contributed by atoms with Gasteiger partial charge in [-0.05, 0) is 38.9 Å². The quantitative estimate of drug-likeness (QED) is 0.276. The molecule has 0 heterocycles. The molecule has 0 aliphatic rings. The van der Waals surface area contributed by atoms with Crippen molar-refractivity contribution in [3.63, 3.8) is 0 Å². The first-order valence-corrected chi connectivity index (χ1v) is 11.7. The minimum Gasteiger partial charge on any atom is -0.330 e. The number of unbranched alkanes of at least 4 members (excludes halogenated alkanes) is 13. The summed E-state index contributed by atoms with van der Waals surface area (Å²) in [5.41, 5.74) is 5.50. The van der Waals surface area contributed by atoms with E-state index in [1.807, 2.05) is 0 Å². The first kappa shape index (κ1) is 22.1. The number of hydrogen-bond donors (Lipinski definition) is 2. The molecule has 2 nitrogen and oxygen atoms in total. The average Bonchev–Trinajstić information content (AvgIpc) is 2.54. The van der Waals surface area contributed by atoms with Crippen LogP contribution in [-0.4, -0.2) is 29.9 Å². The summed E-state index contributed by atoms with van der Waals surface area (Å²) in [6.07, 6.45) is 21.2. The maximum Gasteiger partial charge on any atom is 0.00286 e. The molecule has 0 aliphatic carbocycles. The van der Waals surface area contributed by atoms with E-state index in [-0.39, 0.29) is 0 Å². The molecule has 22 heavy (non-hydrogen) atoms. The van der Waals surface area contributed by atoms with Crippen molar-refractivity contribution in [1.29, 1.82) is 0 Å². The van der Waals surface area contributed by atoms with Crippen LogP contribution in [0.1, 0.15) is 96.3 Å². The number of hydrogen-bond acceptors (Lipinski definition) is 2. The fourth-order valence-corrected chi connectivity index (χ4v) is 3.30. The minimum atomic E-state index is 0.872. The van der Waals surface area contributed by atoms with Gasteiger partial charge in [0.2, 0.25) is 0 Å². The van der Waals surface area contributed by atoms with E-state index in [4.69, 9.17) is 5.73 Å². The Bertz CT molecular complexity index is 168. The van der Waals surface area contributed by atoms with Gasteiger partial charge >= 0.3 is 0 Å². The Morgan fingerprint density at radius 3 is 1.27 bits per heavy atom. The highest BCUT2D eigenvalue weighted by Crippen LogP contribution is 2.12. The Hall–Kier alpha value is 0.137. The van der Waals surface area contributed by atoms with Gasteiger partial charge in [-0.2, -0.15) is 0 Å². The van der Waals surface area contributed by atoms with Crippen molar-refractivity contribution in [2.45, 2.75) is 102 Å². The standard InChI is InChI=1S/C19H44N2Si/c20-16-13-11-9-7-5-3-1-2-4-6-8-10-12-14-17-21-18-15-19-22/h21H,1-20H2,22H3. The molecule has 0 unspecified atom stereocenters. The number of nitrogens with two attached hydrogens (primary N) is 1. The van der Waals surface area contributed by atoms with Gasteiger partial charge in [-0.15, -0.1) is 0 Å². The minimum absolute atomic E-state index is 0.872. The van der Waals surface area contributed by atoms with Crippen LogP contribution in [0, 0.1) is 0 Å². The van der Waals surface area contributed by atoms with Crippen LogP contribution in [0.4, 0.5) is 0 Å². The number of rotatable bonds is 19. The zero-order valence-corrected chi connectivity index (χ0v) is 17.5. The van der Waals surface area contributed by atoms with Gasteiger partial charge in [0, 0.05) is 10.2 Å². The Kier molecular flexibility index (Phi) is 21.3. The summed E-state index contributed by atoms with van der Waals surface area (Å²) in [6, 6.07) is 1.45. The maximum absolute atomic E-state index is 5.50. The molecule has 0 radical (unpaired) electrons. The fraction of sp³-hybridized carbons (Fsp3) is 1.00. The molecule has 0 aromatic rings. The normalized spacial score (nSPS) is 11.3. The summed E-state index contributed by atoms with van der Waals surface area (Å²) < 4.78 is 0. The third-order valence-electron chi connectivity index (χ3n) is 4.51. The molecule has 0 amide bonds. The van der Waals surface area contributed by atoms with E-state index >= 15 is 0 Å². The van der Waals surface area contributed by atoms with Crippen LogP contribution in [0.5, 0.6) is 0 Å². The Morgan fingerprint density at radius 2 is 0.864 bits per heavy atom. The van der Waals surface area contributed by atoms with Crippen molar-refractivity contribution < 1.29 is 0 Å². The van der Waals surface area contributed by atoms with Crippen molar-refractivity contribution in [3.05, 3.63) is 0 Å².